The van der Waals surface area contributed by atoms with Crippen LogP contribution in [0.15, 0.2) is 60.7 Å². The van der Waals surface area contributed by atoms with E-state index < -0.39 is 0 Å². The molecule has 6 heteroatoms. The maximum Gasteiger partial charge on any atom is 0.263 e. The van der Waals surface area contributed by atoms with E-state index in [9.17, 15) is 9.59 Å². The van der Waals surface area contributed by atoms with E-state index in [4.69, 9.17) is 0 Å². The molecule has 1 aliphatic rings. The number of fused-ring (bicyclic) bond motifs is 1. The topological polar surface area (TPSA) is 71.1 Å². The van der Waals surface area contributed by atoms with Crippen molar-refractivity contribution in [1.29, 1.82) is 0 Å². The van der Waals surface area contributed by atoms with Crippen LogP contribution in [0.25, 0.3) is 6.08 Å². The predicted molar refractivity (Wildman–Crippen MR) is 116 cm³/mol. The lowest BCUT2D eigenvalue weighted by Crippen LogP contribution is -2.26. The van der Waals surface area contributed by atoms with Crippen LogP contribution in [0.3, 0.4) is 0 Å². The number of rotatable bonds is 5. The summed E-state index contributed by atoms with van der Waals surface area (Å²) in [5, 5.41) is 6.27. The summed E-state index contributed by atoms with van der Waals surface area (Å²) in [4.78, 5) is 29.8. The Morgan fingerprint density at radius 2 is 1.86 bits per heavy atom. The highest BCUT2D eigenvalue weighted by Gasteiger charge is 2.25. The smallest absolute Gasteiger partial charge is 0.263 e. The number of thiazole rings is 1. The van der Waals surface area contributed by atoms with E-state index in [1.54, 1.807) is 13.0 Å². The van der Waals surface area contributed by atoms with Gasteiger partial charge in [-0.3, -0.25) is 14.9 Å². The van der Waals surface area contributed by atoms with Crippen molar-refractivity contribution >= 4 is 34.4 Å². The largest absolute Gasteiger partial charge is 0.344 e. The monoisotopic (exact) mass is 403 g/mol. The van der Waals surface area contributed by atoms with Gasteiger partial charge in [-0.1, -0.05) is 65.9 Å². The van der Waals surface area contributed by atoms with Crippen molar-refractivity contribution < 1.29 is 9.59 Å². The fourth-order valence-corrected chi connectivity index (χ4v) is 4.35. The molecule has 1 unspecified atom stereocenters. The second-order valence-electron chi connectivity index (χ2n) is 6.93. The van der Waals surface area contributed by atoms with Crippen molar-refractivity contribution in [2.24, 2.45) is 0 Å². The van der Waals surface area contributed by atoms with Crippen LogP contribution >= 0.6 is 11.3 Å². The van der Waals surface area contributed by atoms with Gasteiger partial charge in [-0.25, -0.2) is 4.98 Å². The first-order chi connectivity index (χ1) is 14.1. The van der Waals surface area contributed by atoms with Gasteiger partial charge >= 0.3 is 0 Å². The van der Waals surface area contributed by atoms with Crippen LogP contribution in [0.5, 0.6) is 0 Å². The van der Waals surface area contributed by atoms with Crippen LogP contribution in [0.2, 0.25) is 0 Å². The molecule has 0 fully saturated rings. The van der Waals surface area contributed by atoms with E-state index in [0.717, 1.165) is 18.4 Å². The van der Waals surface area contributed by atoms with Crippen molar-refractivity contribution in [1.82, 2.24) is 10.3 Å². The average Bonchev–Trinajstić information content (AvgIpc) is 3.30. The molecule has 4 rings (SSSR count). The Balaban J connectivity index is 1.41. The van der Waals surface area contributed by atoms with Gasteiger partial charge < -0.3 is 5.32 Å². The third-order valence-corrected chi connectivity index (χ3v) is 5.97. The van der Waals surface area contributed by atoms with Crippen LogP contribution in [-0.4, -0.2) is 16.8 Å². The molecule has 2 amide bonds. The number of anilines is 1. The van der Waals surface area contributed by atoms with E-state index in [1.807, 2.05) is 42.5 Å². The maximum atomic E-state index is 12.8. The van der Waals surface area contributed by atoms with Crippen LogP contribution in [0, 0.1) is 6.92 Å². The van der Waals surface area contributed by atoms with E-state index in [2.05, 4.69) is 27.8 Å². The lowest BCUT2D eigenvalue weighted by Gasteiger charge is -2.13. The van der Waals surface area contributed by atoms with Gasteiger partial charge in [-0.05, 0) is 42.5 Å². The SMILES string of the molecule is Cc1nc(NC(=O)C=Cc2ccccc2)sc1C(=O)NC1CCc2ccccc21. The molecule has 0 radical (unpaired) electrons. The molecule has 1 atom stereocenters. The lowest BCUT2D eigenvalue weighted by molar-refractivity contribution is -0.111. The molecule has 0 saturated carbocycles. The summed E-state index contributed by atoms with van der Waals surface area (Å²) in [5.74, 6) is -0.429. The highest BCUT2D eigenvalue weighted by Crippen LogP contribution is 2.32. The Labute approximate surface area is 173 Å². The number of aromatic nitrogens is 1. The molecule has 0 aliphatic heterocycles. The molecule has 0 spiro atoms. The summed E-state index contributed by atoms with van der Waals surface area (Å²) in [7, 11) is 0. The number of amides is 2. The van der Waals surface area contributed by atoms with Crippen LogP contribution in [0.4, 0.5) is 5.13 Å². The lowest BCUT2D eigenvalue weighted by atomic mass is 10.1. The average molecular weight is 404 g/mol. The Bertz CT molecular complexity index is 1070. The maximum absolute atomic E-state index is 12.8. The Morgan fingerprint density at radius 1 is 1.10 bits per heavy atom. The van der Waals surface area contributed by atoms with E-state index in [0.29, 0.717) is 15.7 Å². The minimum Gasteiger partial charge on any atom is -0.344 e. The zero-order chi connectivity index (χ0) is 20.2. The summed E-state index contributed by atoms with van der Waals surface area (Å²) in [6.45, 7) is 1.78. The Hall–Kier alpha value is -3.25. The first kappa shape index (κ1) is 19.1. The van der Waals surface area contributed by atoms with Gasteiger partial charge in [0.1, 0.15) is 4.88 Å². The number of hydrogen-bond donors (Lipinski definition) is 2. The summed E-state index contributed by atoms with van der Waals surface area (Å²) in [5.41, 5.74) is 4.02. The molecule has 29 heavy (non-hydrogen) atoms. The van der Waals surface area contributed by atoms with Crippen LogP contribution in [0.1, 0.15) is 44.5 Å². The summed E-state index contributed by atoms with van der Waals surface area (Å²) < 4.78 is 0. The third-order valence-electron chi connectivity index (χ3n) is 4.90. The summed E-state index contributed by atoms with van der Waals surface area (Å²) in [6.07, 6.45) is 5.07. The van der Waals surface area contributed by atoms with Crippen molar-refractivity contribution in [3.63, 3.8) is 0 Å². The molecular weight excluding hydrogens is 382 g/mol. The van der Waals surface area contributed by atoms with E-state index in [1.165, 1.54) is 28.5 Å². The zero-order valence-electron chi connectivity index (χ0n) is 16.0. The fourth-order valence-electron chi connectivity index (χ4n) is 3.47. The first-order valence-corrected chi connectivity index (χ1v) is 10.3. The third kappa shape index (κ3) is 4.43. The van der Waals surface area contributed by atoms with E-state index in [-0.39, 0.29) is 17.9 Å². The molecule has 5 nitrogen and oxygen atoms in total. The standard InChI is InChI=1S/C23H21N3O2S/c1-15-21(22(28)25-19-13-12-17-9-5-6-10-18(17)19)29-23(24-15)26-20(27)14-11-16-7-3-2-4-8-16/h2-11,14,19H,12-13H2,1H3,(H,25,28)(H,24,26,27). The molecule has 2 N–H and O–H groups in total. The van der Waals surface area contributed by atoms with Crippen molar-refractivity contribution in [3.05, 3.63) is 87.9 Å². The van der Waals surface area contributed by atoms with Crippen molar-refractivity contribution in [2.45, 2.75) is 25.8 Å². The fraction of sp³-hybridized carbons (Fsp3) is 0.174. The second-order valence-corrected chi connectivity index (χ2v) is 7.93. The molecule has 1 aromatic heterocycles. The number of carbonyl (C=O) groups is 2. The molecule has 146 valence electrons. The molecule has 0 saturated heterocycles. The number of nitrogens with zero attached hydrogens (tertiary/aromatic N) is 1. The highest BCUT2D eigenvalue weighted by molar-refractivity contribution is 7.17. The number of carbonyl (C=O) groups excluding carboxylic acids is 2. The van der Waals surface area contributed by atoms with Gasteiger partial charge in [0, 0.05) is 6.08 Å². The molecule has 1 aliphatic carbocycles. The van der Waals surface area contributed by atoms with Gasteiger partial charge in [0.2, 0.25) is 5.91 Å². The molecule has 1 heterocycles. The minimum absolute atomic E-state index is 0.0204. The number of nitrogens with one attached hydrogen (secondary N) is 2. The quantitative estimate of drug-likeness (QED) is 0.615. The van der Waals surface area contributed by atoms with Gasteiger partial charge in [0.25, 0.3) is 5.91 Å². The summed E-state index contributed by atoms with van der Waals surface area (Å²) >= 11 is 1.19. The van der Waals surface area contributed by atoms with Crippen LogP contribution < -0.4 is 10.6 Å². The number of benzene rings is 2. The Kier molecular flexibility index (Phi) is 5.53. The second kappa shape index (κ2) is 8.41. The predicted octanol–water partition coefficient (Wildman–Crippen LogP) is 4.52. The van der Waals surface area contributed by atoms with Gasteiger partial charge in [0.05, 0.1) is 11.7 Å². The van der Waals surface area contributed by atoms with Gasteiger partial charge in [-0.15, -0.1) is 0 Å². The van der Waals surface area contributed by atoms with Crippen molar-refractivity contribution in [3.8, 4) is 0 Å². The first-order valence-electron chi connectivity index (χ1n) is 9.50. The molecule has 3 aromatic rings. The molecule has 2 aromatic carbocycles. The minimum atomic E-state index is -0.278. The molecule has 0 bridgehead atoms. The van der Waals surface area contributed by atoms with Gasteiger partial charge in [0.15, 0.2) is 5.13 Å². The van der Waals surface area contributed by atoms with E-state index >= 15 is 0 Å². The number of hydrogen-bond acceptors (Lipinski definition) is 4. The summed E-state index contributed by atoms with van der Waals surface area (Å²) in [6, 6.07) is 17.8. The molecular formula is C23H21N3O2S. The number of aryl methyl sites for hydroxylation is 2. The highest BCUT2D eigenvalue weighted by atomic mass is 32.1. The Morgan fingerprint density at radius 3 is 2.69 bits per heavy atom. The zero-order valence-corrected chi connectivity index (χ0v) is 16.8. The normalized spacial score (nSPS) is 15.3. The van der Waals surface area contributed by atoms with Crippen LogP contribution in [-0.2, 0) is 11.2 Å². The van der Waals surface area contributed by atoms with Crippen molar-refractivity contribution in [2.75, 3.05) is 5.32 Å². The van der Waals surface area contributed by atoms with Gasteiger partial charge in [-0.2, -0.15) is 0 Å².